The molecule has 0 bridgehead atoms. The number of morpholine rings is 1. The molecule has 1 amide bonds. The molecule has 3 saturated heterocycles. The number of guanidine groups is 1. The summed E-state index contributed by atoms with van der Waals surface area (Å²) in [5.41, 5.74) is 0. The first-order valence-corrected chi connectivity index (χ1v) is 10.0. The number of carbonyl (C=O) groups excluding carboxylic acids is 1. The molecular formula is C18H33N5O3. The summed E-state index contributed by atoms with van der Waals surface area (Å²) in [6, 6.07) is 0.624. The number of carbonyl (C=O) groups is 1. The van der Waals surface area contributed by atoms with Gasteiger partial charge in [0.1, 0.15) is 0 Å². The predicted octanol–water partition coefficient (Wildman–Crippen LogP) is 0.589. The van der Waals surface area contributed by atoms with Crippen LogP contribution in [0.5, 0.6) is 0 Å². The average molecular weight is 367 g/mol. The minimum atomic E-state index is -0.218. The second-order valence-corrected chi connectivity index (χ2v) is 7.11. The Kier molecular flexibility index (Phi) is 6.96. The Morgan fingerprint density at radius 1 is 1.19 bits per heavy atom. The van der Waals surface area contributed by atoms with Crippen molar-refractivity contribution in [2.24, 2.45) is 4.99 Å². The molecule has 26 heavy (non-hydrogen) atoms. The molecule has 3 heterocycles. The maximum Gasteiger partial charge on any atom is 0.409 e. The normalized spacial score (nSPS) is 27.4. The third-order valence-corrected chi connectivity index (χ3v) is 5.35. The number of aliphatic imine (C=N–C) groups is 1. The van der Waals surface area contributed by atoms with E-state index >= 15 is 0 Å². The second kappa shape index (κ2) is 9.41. The number of fused-ring (bicyclic) bond motifs is 1. The van der Waals surface area contributed by atoms with Gasteiger partial charge in [-0.25, -0.2) is 4.79 Å². The van der Waals surface area contributed by atoms with Crippen LogP contribution in [0, 0.1) is 0 Å². The molecule has 0 spiro atoms. The number of hydrogen-bond donors (Lipinski definition) is 1. The molecule has 0 aromatic heterocycles. The van der Waals surface area contributed by atoms with E-state index in [4.69, 9.17) is 14.5 Å². The van der Waals surface area contributed by atoms with Gasteiger partial charge in [-0.2, -0.15) is 0 Å². The number of piperazine rings is 1. The SMILES string of the molecule is CCNC(=NCC1CN2CCCC2CO1)N1CCN(C(=O)OCC)CC1. The van der Waals surface area contributed by atoms with Crippen molar-refractivity contribution in [2.45, 2.75) is 38.8 Å². The summed E-state index contributed by atoms with van der Waals surface area (Å²) in [6.45, 7) is 11.7. The fourth-order valence-corrected chi connectivity index (χ4v) is 3.93. The number of nitrogens with zero attached hydrogens (tertiary/aromatic N) is 4. The Bertz CT molecular complexity index is 493. The van der Waals surface area contributed by atoms with Crippen LogP contribution in [-0.2, 0) is 9.47 Å². The Morgan fingerprint density at radius 3 is 2.69 bits per heavy atom. The number of ether oxygens (including phenoxy) is 2. The predicted molar refractivity (Wildman–Crippen MR) is 100 cm³/mol. The van der Waals surface area contributed by atoms with Gasteiger partial charge >= 0.3 is 6.09 Å². The van der Waals surface area contributed by atoms with Gasteiger partial charge in [0, 0.05) is 45.3 Å². The Labute approximate surface area is 156 Å². The van der Waals surface area contributed by atoms with Gasteiger partial charge < -0.3 is 24.6 Å². The van der Waals surface area contributed by atoms with Crippen LogP contribution < -0.4 is 5.32 Å². The third-order valence-electron chi connectivity index (χ3n) is 5.35. The van der Waals surface area contributed by atoms with Gasteiger partial charge in [-0.3, -0.25) is 9.89 Å². The van der Waals surface area contributed by atoms with E-state index in [1.54, 1.807) is 4.90 Å². The van der Waals surface area contributed by atoms with Gasteiger partial charge in [0.2, 0.25) is 0 Å². The van der Waals surface area contributed by atoms with Gasteiger partial charge in [0.15, 0.2) is 5.96 Å². The molecule has 148 valence electrons. The first-order chi connectivity index (χ1) is 12.7. The molecule has 3 aliphatic rings. The van der Waals surface area contributed by atoms with Crippen LogP contribution >= 0.6 is 0 Å². The lowest BCUT2D eigenvalue weighted by molar-refractivity contribution is -0.0433. The minimum Gasteiger partial charge on any atom is -0.450 e. The molecule has 3 aliphatic heterocycles. The van der Waals surface area contributed by atoms with Crippen LogP contribution in [0.4, 0.5) is 4.79 Å². The standard InChI is InChI=1S/C18H33N5O3/c1-3-19-17(21-8-10-22(11-9-21)18(24)25-4-2)20-12-16-13-23-7-5-6-15(23)14-26-16/h15-16H,3-14H2,1-2H3,(H,19,20). The highest BCUT2D eigenvalue weighted by Crippen LogP contribution is 2.22. The summed E-state index contributed by atoms with van der Waals surface area (Å²) in [7, 11) is 0. The molecule has 8 nitrogen and oxygen atoms in total. The van der Waals surface area contributed by atoms with Crippen LogP contribution in [0.15, 0.2) is 4.99 Å². The Hall–Kier alpha value is -1.54. The van der Waals surface area contributed by atoms with E-state index in [1.165, 1.54) is 19.4 Å². The largest absolute Gasteiger partial charge is 0.450 e. The zero-order valence-corrected chi connectivity index (χ0v) is 16.2. The maximum atomic E-state index is 11.8. The van der Waals surface area contributed by atoms with Crippen LogP contribution in [0.2, 0.25) is 0 Å². The Morgan fingerprint density at radius 2 is 1.96 bits per heavy atom. The zero-order chi connectivity index (χ0) is 18.4. The van der Waals surface area contributed by atoms with E-state index in [2.05, 4.69) is 22.0 Å². The van der Waals surface area contributed by atoms with E-state index < -0.39 is 0 Å². The summed E-state index contributed by atoms with van der Waals surface area (Å²) in [5, 5.41) is 3.38. The van der Waals surface area contributed by atoms with Crippen LogP contribution in [0.25, 0.3) is 0 Å². The topological polar surface area (TPSA) is 69.6 Å². The van der Waals surface area contributed by atoms with Gasteiger partial charge in [-0.15, -0.1) is 0 Å². The van der Waals surface area contributed by atoms with E-state index in [0.29, 0.717) is 32.3 Å². The van der Waals surface area contributed by atoms with Gasteiger partial charge in [-0.05, 0) is 33.2 Å². The van der Waals surface area contributed by atoms with E-state index in [1.807, 2.05) is 6.92 Å². The van der Waals surface area contributed by atoms with Crippen molar-refractivity contribution < 1.29 is 14.3 Å². The molecule has 0 aromatic rings. The van der Waals surface area contributed by atoms with Crippen molar-refractivity contribution in [3.8, 4) is 0 Å². The Balaban J connectivity index is 1.50. The lowest BCUT2D eigenvalue weighted by Crippen LogP contribution is -2.54. The van der Waals surface area contributed by atoms with E-state index in [9.17, 15) is 4.79 Å². The first-order valence-electron chi connectivity index (χ1n) is 10.0. The van der Waals surface area contributed by atoms with Crippen molar-refractivity contribution in [1.82, 2.24) is 20.0 Å². The highest BCUT2D eigenvalue weighted by Gasteiger charge is 2.32. The quantitative estimate of drug-likeness (QED) is 0.579. The molecule has 1 N–H and O–H groups in total. The maximum absolute atomic E-state index is 11.8. The summed E-state index contributed by atoms with van der Waals surface area (Å²) < 4.78 is 11.1. The molecule has 3 rings (SSSR count). The summed E-state index contributed by atoms with van der Waals surface area (Å²) in [4.78, 5) is 23.2. The average Bonchev–Trinajstić information content (AvgIpc) is 3.13. The van der Waals surface area contributed by atoms with Crippen molar-refractivity contribution in [1.29, 1.82) is 0 Å². The number of amides is 1. The summed E-state index contributed by atoms with van der Waals surface area (Å²) in [5.74, 6) is 0.920. The van der Waals surface area contributed by atoms with Crippen molar-refractivity contribution in [3.63, 3.8) is 0 Å². The minimum absolute atomic E-state index is 0.179. The molecule has 0 aliphatic carbocycles. The summed E-state index contributed by atoms with van der Waals surface area (Å²) in [6.07, 6.45) is 2.52. The second-order valence-electron chi connectivity index (χ2n) is 7.11. The molecular weight excluding hydrogens is 334 g/mol. The molecule has 3 fully saturated rings. The highest BCUT2D eigenvalue weighted by atomic mass is 16.6. The van der Waals surface area contributed by atoms with Crippen molar-refractivity contribution in [2.75, 3.05) is 65.6 Å². The van der Waals surface area contributed by atoms with E-state index in [-0.39, 0.29) is 12.2 Å². The fourth-order valence-electron chi connectivity index (χ4n) is 3.93. The highest BCUT2D eigenvalue weighted by molar-refractivity contribution is 5.80. The molecule has 0 saturated carbocycles. The van der Waals surface area contributed by atoms with E-state index in [0.717, 1.165) is 38.7 Å². The van der Waals surface area contributed by atoms with Crippen molar-refractivity contribution >= 4 is 12.1 Å². The fraction of sp³-hybridized carbons (Fsp3) is 0.889. The van der Waals surface area contributed by atoms with Gasteiger partial charge in [0.05, 0.1) is 25.9 Å². The van der Waals surface area contributed by atoms with Gasteiger partial charge in [-0.1, -0.05) is 0 Å². The first kappa shape index (κ1) is 19.2. The molecule has 8 heteroatoms. The number of hydrogen-bond acceptors (Lipinski definition) is 5. The van der Waals surface area contributed by atoms with Crippen LogP contribution in [0.1, 0.15) is 26.7 Å². The molecule has 0 aromatic carbocycles. The number of nitrogens with one attached hydrogen (secondary N) is 1. The monoisotopic (exact) mass is 367 g/mol. The molecule has 2 atom stereocenters. The zero-order valence-electron chi connectivity index (χ0n) is 16.2. The van der Waals surface area contributed by atoms with Crippen molar-refractivity contribution in [3.05, 3.63) is 0 Å². The van der Waals surface area contributed by atoms with Crippen LogP contribution in [-0.4, -0.2) is 104 Å². The smallest absolute Gasteiger partial charge is 0.409 e. The third kappa shape index (κ3) is 4.79. The van der Waals surface area contributed by atoms with Crippen LogP contribution in [0.3, 0.4) is 0 Å². The number of rotatable bonds is 4. The summed E-state index contributed by atoms with van der Waals surface area (Å²) >= 11 is 0. The molecule has 2 unspecified atom stereocenters. The van der Waals surface area contributed by atoms with Gasteiger partial charge in [0.25, 0.3) is 0 Å². The molecule has 0 radical (unpaired) electrons. The lowest BCUT2D eigenvalue weighted by Gasteiger charge is -2.37. The lowest BCUT2D eigenvalue weighted by atomic mass is 10.2.